The molecule has 6 nitrogen and oxygen atoms in total. The molecule has 0 aromatic heterocycles. The lowest BCUT2D eigenvalue weighted by Crippen LogP contribution is -2.26. The summed E-state index contributed by atoms with van der Waals surface area (Å²) in [6.45, 7) is 0.160. The van der Waals surface area contributed by atoms with Crippen molar-refractivity contribution in [3.8, 4) is 0 Å². The van der Waals surface area contributed by atoms with Gasteiger partial charge in [0.15, 0.2) is 0 Å². The van der Waals surface area contributed by atoms with Crippen LogP contribution in [-0.2, 0) is 10.0 Å². The second-order valence-electron chi connectivity index (χ2n) is 3.31. The van der Waals surface area contributed by atoms with Crippen molar-refractivity contribution in [2.75, 3.05) is 11.0 Å². The van der Waals surface area contributed by atoms with Gasteiger partial charge in [-0.25, -0.2) is 17.5 Å². The summed E-state index contributed by atoms with van der Waals surface area (Å²) >= 11 is 2.08. The molecule has 0 amide bonds. The van der Waals surface area contributed by atoms with Gasteiger partial charge in [0.25, 0.3) is 5.69 Å². The van der Waals surface area contributed by atoms with Gasteiger partial charge in [-0.2, -0.15) is 0 Å². The first-order valence-electron chi connectivity index (χ1n) is 4.88. The molecular weight excluding hydrogens is 378 g/mol. The highest BCUT2D eigenvalue weighted by Crippen LogP contribution is 2.20. The van der Waals surface area contributed by atoms with Gasteiger partial charge in [-0.3, -0.25) is 10.1 Å². The van der Waals surface area contributed by atoms with Crippen LogP contribution in [-0.4, -0.2) is 24.3 Å². The molecule has 9 heteroatoms. The molecule has 0 unspecified atom stereocenters. The summed E-state index contributed by atoms with van der Waals surface area (Å²) < 4.78 is 39.8. The number of alkyl halides is 1. The lowest BCUT2D eigenvalue weighted by atomic mass is 10.3. The van der Waals surface area contributed by atoms with Crippen molar-refractivity contribution in [2.24, 2.45) is 0 Å². The first-order valence-corrected chi connectivity index (χ1v) is 7.89. The second-order valence-corrected chi connectivity index (χ2v) is 6.13. The molecule has 0 spiro atoms. The molecule has 18 heavy (non-hydrogen) atoms. The van der Waals surface area contributed by atoms with Gasteiger partial charge in [-0.05, 0) is 12.5 Å². The first-order chi connectivity index (χ1) is 8.38. The highest BCUT2D eigenvalue weighted by Gasteiger charge is 2.21. The number of nitrogens with one attached hydrogen (secondary N) is 1. The van der Waals surface area contributed by atoms with Crippen LogP contribution in [0, 0.1) is 15.9 Å². The number of benzene rings is 1. The summed E-state index contributed by atoms with van der Waals surface area (Å²) in [6, 6.07) is 2.39. The Bertz CT molecular complexity index is 549. The van der Waals surface area contributed by atoms with Gasteiger partial charge in [-0.1, -0.05) is 22.6 Å². The Labute approximate surface area is 117 Å². The van der Waals surface area contributed by atoms with E-state index in [1.165, 1.54) is 0 Å². The molecule has 1 aromatic rings. The van der Waals surface area contributed by atoms with E-state index in [2.05, 4.69) is 27.3 Å². The number of nitrogens with zero attached hydrogens (tertiary/aromatic N) is 1. The minimum Gasteiger partial charge on any atom is -0.258 e. The number of nitro groups is 1. The summed E-state index contributed by atoms with van der Waals surface area (Å²) in [5.74, 6) is -1.01. The maximum atomic E-state index is 13.4. The average Bonchev–Trinajstić information content (AvgIpc) is 2.29. The summed E-state index contributed by atoms with van der Waals surface area (Å²) in [4.78, 5) is 9.04. The molecule has 1 rings (SSSR count). The lowest BCUT2D eigenvalue weighted by Gasteiger charge is -2.06. The van der Waals surface area contributed by atoms with Gasteiger partial charge < -0.3 is 0 Å². The standard InChI is InChI=1S/C9H10FIN2O4S/c10-8-3-2-7(13(14)15)6-9(8)18(16,17)12-5-1-4-11/h2-3,6,12H,1,4-5H2. The smallest absolute Gasteiger partial charge is 0.258 e. The van der Waals surface area contributed by atoms with Crippen molar-refractivity contribution >= 4 is 38.3 Å². The van der Waals surface area contributed by atoms with Gasteiger partial charge in [-0.15, -0.1) is 0 Å². The van der Waals surface area contributed by atoms with Crippen LogP contribution in [0.5, 0.6) is 0 Å². The fourth-order valence-electron chi connectivity index (χ4n) is 1.16. The summed E-state index contributed by atoms with van der Waals surface area (Å²) in [7, 11) is -4.05. The minimum absolute atomic E-state index is 0.160. The molecule has 1 N–H and O–H groups in total. The molecule has 0 fully saturated rings. The monoisotopic (exact) mass is 388 g/mol. The van der Waals surface area contributed by atoms with Crippen molar-refractivity contribution in [3.05, 3.63) is 34.1 Å². The van der Waals surface area contributed by atoms with Gasteiger partial charge >= 0.3 is 0 Å². The van der Waals surface area contributed by atoms with E-state index < -0.39 is 31.3 Å². The summed E-state index contributed by atoms with van der Waals surface area (Å²) in [5, 5.41) is 10.5. The van der Waals surface area contributed by atoms with Gasteiger partial charge in [0, 0.05) is 23.1 Å². The quantitative estimate of drug-likeness (QED) is 0.265. The number of non-ortho nitro benzene ring substituents is 1. The van der Waals surface area contributed by atoms with Crippen LogP contribution < -0.4 is 4.72 Å². The summed E-state index contributed by atoms with van der Waals surface area (Å²) in [6.07, 6.45) is 0.594. The molecule has 100 valence electrons. The van der Waals surface area contributed by atoms with E-state index in [4.69, 9.17) is 0 Å². The fourth-order valence-corrected chi connectivity index (χ4v) is 2.71. The Morgan fingerprint density at radius 1 is 1.44 bits per heavy atom. The van der Waals surface area contributed by atoms with E-state index in [0.717, 1.165) is 16.6 Å². The molecule has 0 aliphatic heterocycles. The number of sulfonamides is 1. The predicted octanol–water partition coefficient (Wildman–Crippen LogP) is 1.84. The highest BCUT2D eigenvalue weighted by molar-refractivity contribution is 14.1. The van der Waals surface area contributed by atoms with Gasteiger partial charge in [0.2, 0.25) is 10.0 Å². The van der Waals surface area contributed by atoms with Crippen LogP contribution in [0.25, 0.3) is 0 Å². The van der Waals surface area contributed by atoms with Crippen molar-refractivity contribution in [1.29, 1.82) is 0 Å². The van der Waals surface area contributed by atoms with Crippen LogP contribution in [0.1, 0.15) is 6.42 Å². The van der Waals surface area contributed by atoms with E-state index in [1.807, 2.05) is 0 Å². The molecule has 1 aromatic carbocycles. The molecule has 0 saturated carbocycles. The topological polar surface area (TPSA) is 89.3 Å². The Morgan fingerprint density at radius 2 is 2.11 bits per heavy atom. The second kappa shape index (κ2) is 6.38. The number of rotatable bonds is 6. The molecule has 0 aliphatic carbocycles. The third kappa shape index (κ3) is 3.85. The van der Waals surface area contributed by atoms with E-state index in [0.29, 0.717) is 12.5 Å². The zero-order valence-electron chi connectivity index (χ0n) is 9.10. The lowest BCUT2D eigenvalue weighted by molar-refractivity contribution is -0.385. The number of hydrogen-bond acceptors (Lipinski definition) is 4. The fraction of sp³-hybridized carbons (Fsp3) is 0.333. The minimum atomic E-state index is -4.05. The average molecular weight is 388 g/mol. The van der Waals surface area contributed by atoms with Crippen LogP contribution in [0.2, 0.25) is 0 Å². The predicted molar refractivity (Wildman–Crippen MR) is 71.7 cm³/mol. The van der Waals surface area contributed by atoms with Crippen LogP contribution in [0.3, 0.4) is 0 Å². The Balaban J connectivity index is 3.07. The van der Waals surface area contributed by atoms with Gasteiger partial charge in [0.05, 0.1) is 4.92 Å². The van der Waals surface area contributed by atoms with Crippen LogP contribution in [0.15, 0.2) is 23.1 Å². The van der Waals surface area contributed by atoms with E-state index in [-0.39, 0.29) is 6.54 Å². The third-order valence-corrected chi connectivity index (χ3v) is 4.26. The van der Waals surface area contributed by atoms with E-state index in [1.54, 1.807) is 0 Å². The molecule has 0 bridgehead atoms. The maximum Gasteiger partial charge on any atom is 0.270 e. The Morgan fingerprint density at radius 3 is 2.67 bits per heavy atom. The third-order valence-electron chi connectivity index (χ3n) is 2.02. The SMILES string of the molecule is O=[N+]([O-])c1ccc(F)c(S(=O)(=O)NCCCI)c1. The largest absolute Gasteiger partial charge is 0.270 e. The van der Waals surface area contributed by atoms with Crippen molar-refractivity contribution in [3.63, 3.8) is 0 Å². The number of halogens is 2. The summed E-state index contributed by atoms with van der Waals surface area (Å²) in [5.41, 5.74) is -0.467. The highest BCUT2D eigenvalue weighted by atomic mass is 127. The van der Waals surface area contributed by atoms with Crippen molar-refractivity contribution in [1.82, 2.24) is 4.72 Å². The van der Waals surface area contributed by atoms with E-state index >= 15 is 0 Å². The van der Waals surface area contributed by atoms with E-state index in [9.17, 15) is 22.9 Å². The normalized spacial score (nSPS) is 11.4. The molecule has 0 aliphatic rings. The van der Waals surface area contributed by atoms with Crippen LogP contribution >= 0.6 is 22.6 Å². The zero-order valence-corrected chi connectivity index (χ0v) is 12.1. The molecule has 0 atom stereocenters. The maximum absolute atomic E-state index is 13.4. The zero-order chi connectivity index (χ0) is 13.8. The van der Waals surface area contributed by atoms with Crippen molar-refractivity contribution in [2.45, 2.75) is 11.3 Å². The number of hydrogen-bond donors (Lipinski definition) is 1. The Hall–Kier alpha value is -0.810. The molecule has 0 heterocycles. The van der Waals surface area contributed by atoms with Crippen molar-refractivity contribution < 1.29 is 17.7 Å². The van der Waals surface area contributed by atoms with Crippen LogP contribution in [0.4, 0.5) is 10.1 Å². The van der Waals surface area contributed by atoms with Gasteiger partial charge in [0.1, 0.15) is 10.7 Å². The molecule has 0 saturated heterocycles. The first kappa shape index (κ1) is 15.2. The molecule has 0 radical (unpaired) electrons. The Kier molecular flexibility index (Phi) is 5.41. The number of nitro benzene ring substituents is 1. The molecular formula is C9H10FIN2O4S.